The fourth-order valence-corrected chi connectivity index (χ4v) is 2.41. The Hall–Kier alpha value is -1.27. The molecule has 0 amide bonds. The fourth-order valence-electron chi connectivity index (χ4n) is 2.41. The number of rotatable bonds is 3. The van der Waals surface area contributed by atoms with Gasteiger partial charge in [0.1, 0.15) is 0 Å². The van der Waals surface area contributed by atoms with Crippen molar-refractivity contribution in [3.63, 3.8) is 0 Å². The molecule has 0 unspecified atom stereocenters. The number of hydrogen-bond acceptors (Lipinski definition) is 3. The highest BCUT2D eigenvalue weighted by atomic mass is 19.4. The van der Waals surface area contributed by atoms with Crippen molar-refractivity contribution in [1.82, 2.24) is 4.90 Å². The lowest BCUT2D eigenvalue weighted by molar-refractivity contribution is -0.146. The van der Waals surface area contributed by atoms with E-state index in [0.29, 0.717) is 26.2 Å². The van der Waals surface area contributed by atoms with Gasteiger partial charge in [-0.3, -0.25) is 4.90 Å². The first-order valence-electron chi connectivity index (χ1n) is 6.75. The third-order valence-electron chi connectivity index (χ3n) is 3.56. The molecule has 0 spiro atoms. The van der Waals surface area contributed by atoms with E-state index in [4.69, 9.17) is 5.73 Å². The highest BCUT2D eigenvalue weighted by Gasteiger charge is 2.32. The number of hydrogen-bond donors (Lipinski definition) is 1. The number of alkyl halides is 3. The Morgan fingerprint density at radius 2 is 1.65 bits per heavy atom. The van der Waals surface area contributed by atoms with E-state index >= 15 is 0 Å². The minimum atomic E-state index is -4.11. The van der Waals surface area contributed by atoms with E-state index in [0.717, 1.165) is 11.3 Å². The standard InChI is InChI=1S/C14H20F3N3/c1-11(18)12-2-4-13(5-3-12)20-8-6-19(7-9-20)10-14(15,16)17/h2-5,11H,6-10,18H2,1H3/t11-/m0/s1. The Kier molecular flexibility index (Phi) is 4.55. The van der Waals surface area contributed by atoms with Crippen molar-refractivity contribution in [3.8, 4) is 0 Å². The Morgan fingerprint density at radius 1 is 1.10 bits per heavy atom. The lowest BCUT2D eigenvalue weighted by atomic mass is 10.1. The first-order valence-corrected chi connectivity index (χ1v) is 6.75. The fraction of sp³-hybridized carbons (Fsp3) is 0.571. The number of benzene rings is 1. The van der Waals surface area contributed by atoms with Crippen molar-refractivity contribution in [3.05, 3.63) is 29.8 Å². The molecule has 1 aromatic rings. The van der Waals surface area contributed by atoms with E-state index in [1.165, 1.54) is 4.90 Å². The highest BCUT2D eigenvalue weighted by Crippen LogP contribution is 2.21. The van der Waals surface area contributed by atoms with Crippen LogP contribution < -0.4 is 10.6 Å². The predicted octanol–water partition coefficient (Wildman–Crippen LogP) is 2.39. The summed E-state index contributed by atoms with van der Waals surface area (Å²) in [5.41, 5.74) is 7.89. The van der Waals surface area contributed by atoms with Crippen LogP contribution in [0.25, 0.3) is 0 Å². The van der Waals surface area contributed by atoms with E-state index in [-0.39, 0.29) is 6.04 Å². The maximum Gasteiger partial charge on any atom is 0.401 e. The monoisotopic (exact) mass is 287 g/mol. The van der Waals surface area contributed by atoms with Crippen LogP contribution in [0.15, 0.2) is 24.3 Å². The average Bonchev–Trinajstić information content (AvgIpc) is 2.38. The van der Waals surface area contributed by atoms with Crippen molar-refractivity contribution in [1.29, 1.82) is 0 Å². The summed E-state index contributed by atoms with van der Waals surface area (Å²) in [6, 6.07) is 7.91. The molecule has 1 atom stereocenters. The quantitative estimate of drug-likeness (QED) is 0.926. The summed E-state index contributed by atoms with van der Waals surface area (Å²) < 4.78 is 36.9. The van der Waals surface area contributed by atoms with Crippen LogP contribution in [0.1, 0.15) is 18.5 Å². The summed E-state index contributed by atoms with van der Waals surface area (Å²) in [4.78, 5) is 3.56. The van der Waals surface area contributed by atoms with Crippen LogP contribution >= 0.6 is 0 Å². The van der Waals surface area contributed by atoms with E-state index < -0.39 is 12.7 Å². The average molecular weight is 287 g/mol. The van der Waals surface area contributed by atoms with Gasteiger partial charge in [0.15, 0.2) is 0 Å². The number of nitrogens with two attached hydrogens (primary N) is 1. The first-order chi connectivity index (χ1) is 9.35. The molecule has 0 aliphatic carbocycles. The minimum Gasteiger partial charge on any atom is -0.369 e. The zero-order valence-electron chi connectivity index (χ0n) is 11.5. The molecule has 1 aliphatic rings. The van der Waals surface area contributed by atoms with E-state index in [9.17, 15) is 13.2 Å². The highest BCUT2D eigenvalue weighted by molar-refractivity contribution is 5.48. The van der Waals surface area contributed by atoms with Crippen LogP contribution in [-0.2, 0) is 0 Å². The lowest BCUT2D eigenvalue weighted by Gasteiger charge is -2.36. The van der Waals surface area contributed by atoms with E-state index in [1.807, 2.05) is 31.2 Å². The van der Waals surface area contributed by atoms with Gasteiger partial charge in [-0.1, -0.05) is 12.1 Å². The summed E-state index contributed by atoms with van der Waals surface area (Å²) in [7, 11) is 0. The van der Waals surface area contributed by atoms with Crippen LogP contribution in [0.3, 0.4) is 0 Å². The van der Waals surface area contributed by atoms with Crippen LogP contribution in [0, 0.1) is 0 Å². The molecule has 0 bridgehead atoms. The molecule has 0 saturated carbocycles. The molecule has 1 aliphatic heterocycles. The molecule has 6 heteroatoms. The molecule has 2 N–H and O–H groups in total. The van der Waals surface area contributed by atoms with Crippen molar-refractivity contribution >= 4 is 5.69 Å². The van der Waals surface area contributed by atoms with Crippen molar-refractivity contribution in [2.45, 2.75) is 19.1 Å². The largest absolute Gasteiger partial charge is 0.401 e. The van der Waals surface area contributed by atoms with Gasteiger partial charge in [-0.2, -0.15) is 13.2 Å². The Balaban J connectivity index is 1.90. The van der Waals surface area contributed by atoms with Gasteiger partial charge in [0.25, 0.3) is 0 Å². The Morgan fingerprint density at radius 3 is 2.10 bits per heavy atom. The SMILES string of the molecule is C[C@H](N)c1ccc(N2CCN(CC(F)(F)F)CC2)cc1. The van der Waals surface area contributed by atoms with E-state index in [1.54, 1.807) is 0 Å². The van der Waals surface area contributed by atoms with Crippen LogP contribution in [0.4, 0.5) is 18.9 Å². The van der Waals surface area contributed by atoms with Crippen molar-refractivity contribution < 1.29 is 13.2 Å². The van der Waals surface area contributed by atoms with Crippen molar-refractivity contribution in [2.24, 2.45) is 5.73 Å². The molecule has 1 heterocycles. The molecule has 3 nitrogen and oxygen atoms in total. The second-order valence-corrected chi connectivity index (χ2v) is 5.26. The molecule has 2 rings (SSSR count). The summed E-state index contributed by atoms with van der Waals surface area (Å²) in [5, 5.41) is 0. The van der Waals surface area contributed by atoms with Crippen LogP contribution in [-0.4, -0.2) is 43.8 Å². The molecule has 112 valence electrons. The number of nitrogens with zero attached hydrogens (tertiary/aromatic N) is 2. The molecule has 0 aromatic heterocycles. The lowest BCUT2D eigenvalue weighted by Crippen LogP contribution is -2.49. The first kappa shape index (κ1) is 15.1. The van der Waals surface area contributed by atoms with Gasteiger partial charge in [0.05, 0.1) is 6.54 Å². The van der Waals surface area contributed by atoms with E-state index in [2.05, 4.69) is 4.90 Å². The molecule has 1 saturated heterocycles. The smallest absolute Gasteiger partial charge is 0.369 e. The zero-order chi connectivity index (χ0) is 14.8. The van der Waals surface area contributed by atoms with Gasteiger partial charge in [0.2, 0.25) is 0 Å². The molecule has 0 radical (unpaired) electrons. The summed E-state index contributed by atoms with van der Waals surface area (Å²) in [6.07, 6.45) is -4.11. The third-order valence-corrected chi connectivity index (χ3v) is 3.56. The second-order valence-electron chi connectivity index (χ2n) is 5.26. The van der Waals surface area contributed by atoms with Gasteiger partial charge >= 0.3 is 6.18 Å². The molecule has 20 heavy (non-hydrogen) atoms. The summed E-state index contributed by atoms with van der Waals surface area (Å²) in [6.45, 7) is 3.22. The Bertz CT molecular complexity index is 420. The normalized spacial score (nSPS) is 19.1. The predicted molar refractivity (Wildman–Crippen MR) is 73.8 cm³/mol. The second kappa shape index (κ2) is 6.01. The summed E-state index contributed by atoms with van der Waals surface area (Å²) >= 11 is 0. The van der Waals surface area contributed by atoms with Gasteiger partial charge in [-0.05, 0) is 24.6 Å². The van der Waals surface area contributed by atoms with Crippen molar-refractivity contribution in [2.75, 3.05) is 37.6 Å². The zero-order valence-corrected chi connectivity index (χ0v) is 11.5. The van der Waals surface area contributed by atoms with Gasteiger partial charge < -0.3 is 10.6 Å². The molecule has 1 fully saturated rings. The maximum absolute atomic E-state index is 12.3. The van der Waals surface area contributed by atoms with Gasteiger partial charge in [-0.25, -0.2) is 0 Å². The van der Waals surface area contributed by atoms with Crippen LogP contribution in [0.2, 0.25) is 0 Å². The minimum absolute atomic E-state index is 0.00678. The maximum atomic E-state index is 12.3. The number of piperazine rings is 1. The third kappa shape index (κ3) is 4.11. The molecular formula is C14H20F3N3. The number of halogens is 3. The molecule has 1 aromatic carbocycles. The van der Waals surface area contributed by atoms with Crippen LogP contribution in [0.5, 0.6) is 0 Å². The topological polar surface area (TPSA) is 32.5 Å². The number of anilines is 1. The molecular weight excluding hydrogens is 267 g/mol. The Labute approximate surface area is 117 Å². The summed E-state index contributed by atoms with van der Waals surface area (Å²) in [5.74, 6) is 0. The van der Waals surface area contributed by atoms with Gasteiger partial charge in [0, 0.05) is 37.9 Å². The van der Waals surface area contributed by atoms with Gasteiger partial charge in [-0.15, -0.1) is 0 Å².